The molecule has 1 atom stereocenters. The van der Waals surface area contributed by atoms with Crippen molar-refractivity contribution in [2.45, 2.75) is 64.5 Å². The predicted octanol–water partition coefficient (Wildman–Crippen LogP) is 4.23. The Hall–Kier alpha value is -3.55. The lowest BCUT2D eigenvalue weighted by molar-refractivity contribution is -0.127. The van der Waals surface area contributed by atoms with E-state index in [1.54, 1.807) is 29.2 Å². The SMILES string of the molecule is CC(C)(C)OC(=O)NCC1CCC(C(=O)N(c2ccc(-c3nn[nH]n3)cc2)[C@@H](Cc2ccc(I)cc2)C(N)=O)CC1. The molecule has 1 aromatic heterocycles. The molecule has 41 heavy (non-hydrogen) atoms. The second-order valence-electron chi connectivity index (χ2n) is 11.3. The Labute approximate surface area is 253 Å². The number of halogens is 1. The fourth-order valence-corrected chi connectivity index (χ4v) is 5.39. The number of nitrogens with two attached hydrogens (primary N) is 1. The zero-order valence-electron chi connectivity index (χ0n) is 23.5. The van der Waals surface area contributed by atoms with E-state index in [0.717, 1.165) is 27.5 Å². The van der Waals surface area contributed by atoms with Gasteiger partial charge in [0.2, 0.25) is 17.6 Å². The van der Waals surface area contributed by atoms with Crippen LogP contribution in [-0.4, -0.2) is 56.7 Å². The second-order valence-corrected chi connectivity index (χ2v) is 12.6. The fourth-order valence-electron chi connectivity index (χ4n) is 5.03. The van der Waals surface area contributed by atoms with Gasteiger partial charge >= 0.3 is 6.09 Å². The standard InChI is InChI=1S/C29H36IN7O4/c1-29(2,3)41-28(40)32-17-19-4-8-21(9-5-19)27(39)37(23-14-10-20(11-15-23)26-33-35-36-34-26)24(25(31)38)16-18-6-12-22(30)13-7-18/h6-7,10-15,19,21,24H,4-5,8-9,16-17H2,1-3H3,(H2,31,38)(H,32,40)(H,33,34,35,36)/t19?,21?,24-/m0/s1. The number of nitrogens with one attached hydrogen (secondary N) is 2. The monoisotopic (exact) mass is 673 g/mol. The molecular formula is C29H36IN7O4. The molecule has 0 saturated heterocycles. The molecule has 1 aliphatic carbocycles. The summed E-state index contributed by atoms with van der Waals surface area (Å²) in [4.78, 5) is 40.6. The number of anilines is 1. The van der Waals surface area contributed by atoms with Crippen LogP contribution in [0.3, 0.4) is 0 Å². The van der Waals surface area contributed by atoms with Crippen molar-refractivity contribution in [2.24, 2.45) is 17.6 Å². The number of tetrazole rings is 1. The van der Waals surface area contributed by atoms with Gasteiger partial charge in [-0.1, -0.05) is 12.1 Å². The summed E-state index contributed by atoms with van der Waals surface area (Å²) in [6.45, 7) is 5.97. The van der Waals surface area contributed by atoms with Gasteiger partial charge in [-0.3, -0.25) is 14.5 Å². The Morgan fingerprint density at radius 1 is 1.07 bits per heavy atom. The molecule has 0 radical (unpaired) electrons. The lowest BCUT2D eigenvalue weighted by Crippen LogP contribution is -2.52. The number of hydrogen-bond donors (Lipinski definition) is 3. The molecule has 3 aromatic rings. The Morgan fingerprint density at radius 2 is 1.73 bits per heavy atom. The Morgan fingerprint density at radius 3 is 2.29 bits per heavy atom. The first-order valence-electron chi connectivity index (χ1n) is 13.7. The molecule has 2 aromatic carbocycles. The van der Waals surface area contributed by atoms with Crippen molar-refractivity contribution in [3.8, 4) is 11.4 Å². The molecule has 1 saturated carbocycles. The maximum atomic E-state index is 14.1. The quantitative estimate of drug-likeness (QED) is 0.287. The van der Waals surface area contributed by atoms with E-state index in [9.17, 15) is 14.4 Å². The Bertz CT molecular complexity index is 1320. The number of ether oxygens (including phenoxy) is 1. The van der Waals surface area contributed by atoms with Crippen molar-refractivity contribution in [3.63, 3.8) is 0 Å². The summed E-state index contributed by atoms with van der Waals surface area (Å²) >= 11 is 2.23. The summed E-state index contributed by atoms with van der Waals surface area (Å²) in [7, 11) is 0. The molecule has 0 spiro atoms. The Balaban J connectivity index is 1.51. The van der Waals surface area contributed by atoms with E-state index >= 15 is 0 Å². The molecule has 4 rings (SSSR count). The zero-order valence-corrected chi connectivity index (χ0v) is 25.6. The molecule has 4 N–H and O–H groups in total. The van der Waals surface area contributed by atoms with Gasteiger partial charge in [0, 0.05) is 33.7 Å². The first kappa shape index (κ1) is 30.4. The van der Waals surface area contributed by atoms with Crippen molar-refractivity contribution in [1.82, 2.24) is 25.9 Å². The number of rotatable bonds is 9. The van der Waals surface area contributed by atoms with Crippen LogP contribution in [0.15, 0.2) is 48.5 Å². The van der Waals surface area contributed by atoms with Crippen molar-refractivity contribution >= 4 is 46.2 Å². The van der Waals surface area contributed by atoms with Gasteiger partial charge < -0.3 is 15.8 Å². The van der Waals surface area contributed by atoms with E-state index in [2.05, 4.69) is 48.5 Å². The third kappa shape index (κ3) is 8.47. The van der Waals surface area contributed by atoms with E-state index in [-0.39, 0.29) is 17.7 Å². The van der Waals surface area contributed by atoms with Crippen LogP contribution in [-0.2, 0) is 20.7 Å². The number of aromatic amines is 1. The van der Waals surface area contributed by atoms with Crippen LogP contribution in [0.25, 0.3) is 11.4 Å². The first-order chi connectivity index (χ1) is 19.5. The van der Waals surface area contributed by atoms with Gasteiger partial charge in [0.15, 0.2) is 0 Å². The van der Waals surface area contributed by atoms with Gasteiger partial charge in [-0.25, -0.2) is 4.79 Å². The second kappa shape index (κ2) is 13.4. The third-order valence-corrected chi connectivity index (χ3v) is 7.82. The van der Waals surface area contributed by atoms with E-state index in [4.69, 9.17) is 10.5 Å². The minimum Gasteiger partial charge on any atom is -0.444 e. The average Bonchev–Trinajstić information content (AvgIpc) is 3.47. The number of nitrogens with zero attached hydrogens (tertiary/aromatic N) is 4. The molecule has 1 heterocycles. The van der Waals surface area contributed by atoms with Crippen molar-refractivity contribution in [2.75, 3.05) is 11.4 Å². The number of amides is 3. The van der Waals surface area contributed by atoms with Crippen LogP contribution in [0.4, 0.5) is 10.5 Å². The maximum absolute atomic E-state index is 14.1. The van der Waals surface area contributed by atoms with Gasteiger partial charge in [-0.15, -0.1) is 10.2 Å². The topological polar surface area (TPSA) is 156 Å². The smallest absolute Gasteiger partial charge is 0.407 e. The van der Waals surface area contributed by atoms with Gasteiger partial charge in [-0.2, -0.15) is 5.21 Å². The summed E-state index contributed by atoms with van der Waals surface area (Å²) in [6.07, 6.45) is 2.69. The highest BCUT2D eigenvalue weighted by atomic mass is 127. The third-order valence-electron chi connectivity index (χ3n) is 7.10. The lowest BCUT2D eigenvalue weighted by Gasteiger charge is -2.36. The van der Waals surface area contributed by atoms with Crippen molar-refractivity contribution < 1.29 is 19.1 Å². The number of alkyl carbamates (subject to hydrolysis) is 1. The van der Waals surface area contributed by atoms with Crippen molar-refractivity contribution in [1.29, 1.82) is 0 Å². The first-order valence-corrected chi connectivity index (χ1v) is 14.8. The molecule has 1 aliphatic rings. The van der Waals surface area contributed by atoms with E-state index in [1.807, 2.05) is 45.0 Å². The summed E-state index contributed by atoms with van der Waals surface area (Å²) in [5.74, 6) is -0.311. The van der Waals surface area contributed by atoms with Crippen LogP contribution in [0.5, 0.6) is 0 Å². The molecular weight excluding hydrogens is 637 g/mol. The maximum Gasteiger partial charge on any atom is 0.407 e. The number of H-pyrrole nitrogens is 1. The highest BCUT2D eigenvalue weighted by Gasteiger charge is 2.36. The number of carbonyl (C=O) groups excluding carboxylic acids is 3. The van der Waals surface area contributed by atoms with Crippen LogP contribution < -0.4 is 16.0 Å². The number of carbonyl (C=O) groups is 3. The normalized spacial score (nSPS) is 17.9. The minimum atomic E-state index is -0.870. The Kier molecular flexibility index (Phi) is 9.94. The molecule has 11 nitrogen and oxygen atoms in total. The molecule has 0 aliphatic heterocycles. The van der Waals surface area contributed by atoms with E-state index < -0.39 is 23.6 Å². The molecule has 0 unspecified atom stereocenters. The van der Waals surface area contributed by atoms with Gasteiger partial charge in [0.25, 0.3) is 0 Å². The fraction of sp³-hybridized carbons (Fsp3) is 0.448. The predicted molar refractivity (Wildman–Crippen MR) is 163 cm³/mol. The molecule has 218 valence electrons. The highest BCUT2D eigenvalue weighted by molar-refractivity contribution is 14.1. The number of aromatic nitrogens is 4. The zero-order chi connectivity index (χ0) is 29.6. The largest absolute Gasteiger partial charge is 0.444 e. The van der Waals surface area contributed by atoms with Gasteiger partial charge in [0.05, 0.1) is 0 Å². The molecule has 12 heteroatoms. The average molecular weight is 674 g/mol. The van der Waals surface area contributed by atoms with E-state index in [1.165, 1.54) is 0 Å². The molecule has 1 fully saturated rings. The van der Waals surface area contributed by atoms with Crippen LogP contribution >= 0.6 is 22.6 Å². The summed E-state index contributed by atoms with van der Waals surface area (Å²) in [6, 6.07) is 14.1. The summed E-state index contributed by atoms with van der Waals surface area (Å²) in [5.41, 5.74) is 7.59. The number of primary amides is 1. The minimum absolute atomic E-state index is 0.134. The van der Waals surface area contributed by atoms with Gasteiger partial charge in [0.1, 0.15) is 11.6 Å². The van der Waals surface area contributed by atoms with Crippen LogP contribution in [0.2, 0.25) is 0 Å². The van der Waals surface area contributed by atoms with E-state index in [0.29, 0.717) is 37.3 Å². The molecule has 3 amide bonds. The number of hydrogen-bond acceptors (Lipinski definition) is 7. The molecule has 0 bridgehead atoms. The van der Waals surface area contributed by atoms with Crippen LogP contribution in [0.1, 0.15) is 52.0 Å². The summed E-state index contributed by atoms with van der Waals surface area (Å²) in [5, 5.41) is 16.9. The van der Waals surface area contributed by atoms with Crippen molar-refractivity contribution in [3.05, 3.63) is 57.7 Å². The lowest BCUT2D eigenvalue weighted by atomic mass is 9.81. The summed E-state index contributed by atoms with van der Waals surface area (Å²) < 4.78 is 6.41. The van der Waals surface area contributed by atoms with Crippen LogP contribution in [0, 0.1) is 15.4 Å². The van der Waals surface area contributed by atoms with Gasteiger partial charge in [-0.05, 0) is 122 Å². The number of benzene rings is 2. The highest BCUT2D eigenvalue weighted by Crippen LogP contribution is 2.33.